The van der Waals surface area contributed by atoms with Crippen LogP contribution < -0.4 is 10.6 Å². The number of furan rings is 1. The van der Waals surface area contributed by atoms with Gasteiger partial charge < -0.3 is 9.73 Å². The van der Waals surface area contributed by atoms with Gasteiger partial charge >= 0.3 is 0 Å². The maximum Gasteiger partial charge on any atom is 0.287 e. The maximum absolute atomic E-state index is 12.2. The molecule has 0 aliphatic heterocycles. The van der Waals surface area contributed by atoms with Gasteiger partial charge in [-0.05, 0) is 44.2 Å². The van der Waals surface area contributed by atoms with Crippen molar-refractivity contribution in [3.8, 4) is 11.3 Å². The molecule has 2 aromatic heterocycles. The molecule has 8 heteroatoms. The Hall–Kier alpha value is -3.19. The highest BCUT2D eigenvalue weighted by atomic mass is 35.5. The van der Waals surface area contributed by atoms with Gasteiger partial charge in [0.15, 0.2) is 5.76 Å². The molecule has 0 bridgehead atoms. The van der Waals surface area contributed by atoms with Gasteiger partial charge in [-0.1, -0.05) is 23.7 Å². The Morgan fingerprint density at radius 2 is 1.78 bits per heavy atom. The number of aryl methyl sites for hydroxylation is 2. The molecule has 3 aromatic rings. The van der Waals surface area contributed by atoms with Gasteiger partial charge in [-0.25, -0.2) is 9.97 Å². The number of aromatic nitrogens is 2. The van der Waals surface area contributed by atoms with Crippen LogP contribution in [0.5, 0.6) is 0 Å². The van der Waals surface area contributed by atoms with E-state index in [2.05, 4.69) is 20.6 Å². The van der Waals surface area contributed by atoms with E-state index < -0.39 is 11.8 Å². The second kappa shape index (κ2) is 8.01. The molecule has 0 saturated heterocycles. The summed E-state index contributed by atoms with van der Waals surface area (Å²) in [5.41, 5.74) is 2.16. The Bertz CT molecular complexity index is 980. The van der Waals surface area contributed by atoms with E-state index in [9.17, 15) is 9.59 Å². The lowest BCUT2D eigenvalue weighted by atomic mass is 10.2. The Labute approximate surface area is 160 Å². The van der Waals surface area contributed by atoms with E-state index in [1.807, 2.05) is 6.07 Å². The van der Waals surface area contributed by atoms with Crippen LogP contribution >= 0.6 is 11.6 Å². The lowest BCUT2D eigenvalue weighted by Gasteiger charge is -2.06. The van der Waals surface area contributed by atoms with Crippen LogP contribution in [0.25, 0.3) is 11.3 Å². The number of carbonyl (C=O) groups is 2. The number of halogens is 1. The highest BCUT2D eigenvalue weighted by Crippen LogP contribution is 2.28. The molecule has 0 atom stereocenters. The molecule has 1 aromatic carbocycles. The van der Waals surface area contributed by atoms with E-state index in [-0.39, 0.29) is 18.3 Å². The number of rotatable bonds is 5. The molecule has 0 fully saturated rings. The van der Waals surface area contributed by atoms with Crippen molar-refractivity contribution in [1.82, 2.24) is 15.3 Å². The molecule has 0 radical (unpaired) electrons. The molecule has 0 spiro atoms. The quantitative estimate of drug-likeness (QED) is 0.702. The summed E-state index contributed by atoms with van der Waals surface area (Å²) >= 11 is 6.12. The van der Waals surface area contributed by atoms with Crippen LogP contribution in [0.2, 0.25) is 5.02 Å². The summed E-state index contributed by atoms with van der Waals surface area (Å²) in [5, 5.41) is 5.56. The molecule has 0 aliphatic rings. The van der Waals surface area contributed by atoms with Gasteiger partial charge in [0.25, 0.3) is 5.91 Å². The van der Waals surface area contributed by atoms with E-state index in [4.69, 9.17) is 16.0 Å². The van der Waals surface area contributed by atoms with Crippen molar-refractivity contribution in [2.45, 2.75) is 13.8 Å². The molecule has 3 rings (SSSR count). The molecular weight excluding hydrogens is 368 g/mol. The monoisotopic (exact) mass is 384 g/mol. The zero-order valence-electron chi connectivity index (χ0n) is 14.7. The topological polar surface area (TPSA) is 97.1 Å². The Morgan fingerprint density at radius 3 is 2.48 bits per heavy atom. The van der Waals surface area contributed by atoms with E-state index in [0.29, 0.717) is 16.3 Å². The minimum Gasteiger partial charge on any atom is -0.451 e. The fourth-order valence-corrected chi connectivity index (χ4v) is 2.69. The Balaban J connectivity index is 1.59. The van der Waals surface area contributed by atoms with Gasteiger partial charge in [-0.15, -0.1) is 0 Å². The third-order valence-corrected chi connectivity index (χ3v) is 3.94. The second-order valence-corrected chi connectivity index (χ2v) is 6.26. The fourth-order valence-electron chi connectivity index (χ4n) is 2.46. The molecule has 2 N–H and O–H groups in total. The predicted molar refractivity (Wildman–Crippen MR) is 102 cm³/mol. The molecule has 2 heterocycles. The van der Waals surface area contributed by atoms with E-state index >= 15 is 0 Å². The summed E-state index contributed by atoms with van der Waals surface area (Å²) in [6.45, 7) is 3.37. The summed E-state index contributed by atoms with van der Waals surface area (Å²) in [4.78, 5) is 32.4. The lowest BCUT2D eigenvalue weighted by molar-refractivity contribution is -0.115. The summed E-state index contributed by atoms with van der Waals surface area (Å²) in [6, 6.07) is 12.1. The van der Waals surface area contributed by atoms with Crippen LogP contribution in [-0.2, 0) is 4.79 Å². The predicted octanol–water partition coefficient (Wildman–Crippen LogP) is 3.38. The van der Waals surface area contributed by atoms with Gasteiger partial charge in [-0.3, -0.25) is 14.9 Å². The van der Waals surface area contributed by atoms with Gasteiger partial charge in [-0.2, -0.15) is 0 Å². The SMILES string of the molecule is Cc1cc(C)nc(NC(=O)CNC(=O)c2ccc(-c3ccccc3Cl)o2)n1. The van der Waals surface area contributed by atoms with Crippen LogP contribution in [-0.4, -0.2) is 28.3 Å². The van der Waals surface area contributed by atoms with Crippen molar-refractivity contribution in [3.63, 3.8) is 0 Å². The van der Waals surface area contributed by atoms with Crippen molar-refractivity contribution in [1.29, 1.82) is 0 Å². The molecule has 0 saturated carbocycles. The van der Waals surface area contributed by atoms with Crippen molar-refractivity contribution in [2.75, 3.05) is 11.9 Å². The van der Waals surface area contributed by atoms with E-state index in [0.717, 1.165) is 11.4 Å². The summed E-state index contributed by atoms with van der Waals surface area (Å²) in [7, 11) is 0. The third kappa shape index (κ3) is 4.71. The highest BCUT2D eigenvalue weighted by Gasteiger charge is 2.15. The normalized spacial score (nSPS) is 10.5. The van der Waals surface area contributed by atoms with Gasteiger partial charge in [0, 0.05) is 17.0 Å². The van der Waals surface area contributed by atoms with E-state index in [1.165, 1.54) is 6.07 Å². The zero-order chi connectivity index (χ0) is 19.4. The van der Waals surface area contributed by atoms with Crippen LogP contribution in [0.1, 0.15) is 21.9 Å². The zero-order valence-corrected chi connectivity index (χ0v) is 15.5. The smallest absolute Gasteiger partial charge is 0.287 e. The first kappa shape index (κ1) is 18.6. The lowest BCUT2D eigenvalue weighted by Crippen LogP contribution is -2.33. The van der Waals surface area contributed by atoms with Crippen molar-refractivity contribution in [2.24, 2.45) is 0 Å². The standard InChI is InChI=1S/C19H17ClN4O3/c1-11-9-12(2)23-19(22-11)24-17(25)10-21-18(26)16-8-7-15(27-16)13-5-3-4-6-14(13)20/h3-9H,10H2,1-2H3,(H,21,26)(H,22,23,24,25). The molecule has 2 amide bonds. The number of anilines is 1. The molecule has 138 valence electrons. The van der Waals surface area contributed by atoms with Crippen molar-refractivity contribution in [3.05, 3.63) is 64.6 Å². The summed E-state index contributed by atoms with van der Waals surface area (Å²) in [6.07, 6.45) is 0. The van der Waals surface area contributed by atoms with Crippen LogP contribution in [0.15, 0.2) is 46.9 Å². The van der Waals surface area contributed by atoms with Gasteiger partial charge in [0.1, 0.15) is 5.76 Å². The van der Waals surface area contributed by atoms with E-state index in [1.54, 1.807) is 44.2 Å². The number of nitrogens with one attached hydrogen (secondary N) is 2. The second-order valence-electron chi connectivity index (χ2n) is 5.85. The molecule has 27 heavy (non-hydrogen) atoms. The highest BCUT2D eigenvalue weighted by molar-refractivity contribution is 6.33. The first-order chi connectivity index (χ1) is 12.9. The fraction of sp³-hybridized carbons (Fsp3) is 0.158. The molecule has 0 unspecified atom stereocenters. The van der Waals surface area contributed by atoms with Crippen molar-refractivity contribution < 1.29 is 14.0 Å². The Kier molecular flexibility index (Phi) is 5.52. The third-order valence-electron chi connectivity index (χ3n) is 3.61. The van der Waals surface area contributed by atoms with Crippen LogP contribution in [0, 0.1) is 13.8 Å². The molecular formula is C19H17ClN4O3. The first-order valence-electron chi connectivity index (χ1n) is 8.17. The summed E-state index contributed by atoms with van der Waals surface area (Å²) < 4.78 is 5.54. The largest absolute Gasteiger partial charge is 0.451 e. The van der Waals surface area contributed by atoms with Crippen molar-refractivity contribution >= 4 is 29.4 Å². The average Bonchev–Trinajstić information content (AvgIpc) is 3.09. The molecule has 0 aliphatic carbocycles. The number of nitrogens with zero attached hydrogens (tertiary/aromatic N) is 2. The minimum absolute atomic E-state index is 0.0837. The number of amides is 2. The number of benzene rings is 1. The number of carbonyl (C=O) groups excluding carboxylic acids is 2. The molecule has 7 nitrogen and oxygen atoms in total. The Morgan fingerprint density at radius 1 is 1.07 bits per heavy atom. The number of hydrogen-bond acceptors (Lipinski definition) is 5. The van der Waals surface area contributed by atoms with Crippen LogP contribution in [0.3, 0.4) is 0 Å². The average molecular weight is 385 g/mol. The summed E-state index contributed by atoms with van der Waals surface area (Å²) in [5.74, 6) is -0.194. The van der Waals surface area contributed by atoms with Crippen LogP contribution in [0.4, 0.5) is 5.95 Å². The maximum atomic E-state index is 12.2. The van der Waals surface area contributed by atoms with Gasteiger partial charge in [0.2, 0.25) is 11.9 Å². The first-order valence-corrected chi connectivity index (χ1v) is 8.55. The minimum atomic E-state index is -0.509. The van der Waals surface area contributed by atoms with Gasteiger partial charge in [0.05, 0.1) is 11.6 Å². The number of hydrogen-bond donors (Lipinski definition) is 2.